The van der Waals surface area contributed by atoms with E-state index in [1.807, 2.05) is 24.3 Å². The smallest absolute Gasteiger partial charge is 0.221 e. The summed E-state index contributed by atoms with van der Waals surface area (Å²) in [5.41, 5.74) is 7.22. The molecule has 5 nitrogen and oxygen atoms in total. The fourth-order valence-electron chi connectivity index (χ4n) is 2.37. The number of amides is 1. The first-order valence-corrected chi connectivity index (χ1v) is 7.15. The van der Waals surface area contributed by atoms with Crippen LogP contribution in [0.5, 0.6) is 0 Å². The highest BCUT2D eigenvalue weighted by Crippen LogP contribution is 2.09. The quantitative estimate of drug-likeness (QED) is 0.788. The molecule has 0 saturated carbocycles. The maximum absolute atomic E-state index is 10.8. The molecule has 1 amide bonds. The van der Waals surface area contributed by atoms with Gasteiger partial charge in [-0.2, -0.15) is 0 Å². The van der Waals surface area contributed by atoms with Gasteiger partial charge in [0.15, 0.2) is 0 Å². The normalized spacial score (nSPS) is 17.1. The zero-order valence-corrected chi connectivity index (χ0v) is 12.1. The van der Waals surface area contributed by atoms with E-state index < -0.39 is 0 Å². The van der Waals surface area contributed by atoms with Gasteiger partial charge in [0.25, 0.3) is 0 Å². The molecule has 20 heavy (non-hydrogen) atoms. The lowest BCUT2D eigenvalue weighted by Crippen LogP contribution is -2.45. The Bertz CT molecular complexity index is 424. The minimum atomic E-state index is -0.291. The van der Waals surface area contributed by atoms with Crippen LogP contribution >= 0.6 is 0 Å². The summed E-state index contributed by atoms with van der Waals surface area (Å²) in [6.45, 7) is 6.62. The van der Waals surface area contributed by atoms with Gasteiger partial charge in [0.1, 0.15) is 0 Å². The maximum atomic E-state index is 10.8. The van der Waals surface area contributed by atoms with Gasteiger partial charge in [-0.1, -0.05) is 12.1 Å². The van der Waals surface area contributed by atoms with Crippen molar-refractivity contribution in [3.05, 3.63) is 29.8 Å². The molecule has 110 valence electrons. The van der Waals surface area contributed by atoms with Crippen LogP contribution in [0.4, 0.5) is 5.69 Å². The van der Waals surface area contributed by atoms with Crippen molar-refractivity contribution >= 4 is 11.6 Å². The molecule has 0 atom stereocenters. The third-order valence-electron chi connectivity index (χ3n) is 3.69. The second-order valence-electron chi connectivity index (χ2n) is 5.41. The van der Waals surface area contributed by atoms with Crippen LogP contribution < -0.4 is 11.1 Å². The lowest BCUT2D eigenvalue weighted by atomic mass is 10.1. The van der Waals surface area contributed by atoms with E-state index in [0.29, 0.717) is 6.42 Å². The first kappa shape index (κ1) is 14.8. The number of primary amides is 1. The average Bonchev–Trinajstić information content (AvgIpc) is 2.42. The summed E-state index contributed by atoms with van der Waals surface area (Å²) in [4.78, 5) is 15.7. The third kappa shape index (κ3) is 4.83. The molecular weight excluding hydrogens is 252 g/mol. The van der Waals surface area contributed by atoms with Gasteiger partial charge in [0, 0.05) is 45.0 Å². The molecule has 2 rings (SSSR count). The number of benzene rings is 1. The van der Waals surface area contributed by atoms with Crippen molar-refractivity contribution in [1.29, 1.82) is 0 Å². The largest absolute Gasteiger partial charge is 0.384 e. The Balaban J connectivity index is 1.70. The number of anilines is 1. The van der Waals surface area contributed by atoms with E-state index in [2.05, 4.69) is 22.2 Å². The van der Waals surface area contributed by atoms with E-state index >= 15 is 0 Å². The predicted molar refractivity (Wildman–Crippen MR) is 81.8 cm³/mol. The van der Waals surface area contributed by atoms with Gasteiger partial charge in [-0.25, -0.2) is 0 Å². The van der Waals surface area contributed by atoms with Crippen LogP contribution in [-0.4, -0.2) is 62.0 Å². The van der Waals surface area contributed by atoms with Crippen molar-refractivity contribution in [2.24, 2.45) is 5.73 Å². The second-order valence-corrected chi connectivity index (χ2v) is 5.41. The summed E-state index contributed by atoms with van der Waals surface area (Å²) in [7, 11) is 2.17. The first-order chi connectivity index (χ1) is 9.63. The Morgan fingerprint density at radius 2 is 1.85 bits per heavy atom. The highest BCUT2D eigenvalue weighted by Gasteiger charge is 2.12. The molecule has 1 aliphatic rings. The van der Waals surface area contributed by atoms with Crippen LogP contribution in [0.15, 0.2) is 24.3 Å². The Kier molecular flexibility index (Phi) is 5.38. The van der Waals surface area contributed by atoms with Crippen LogP contribution in [0, 0.1) is 0 Å². The fourth-order valence-corrected chi connectivity index (χ4v) is 2.37. The number of rotatable bonds is 6. The number of likely N-dealkylation sites (N-methyl/N-ethyl adjacent to an activating group) is 1. The number of hydrogen-bond acceptors (Lipinski definition) is 4. The Morgan fingerprint density at radius 3 is 2.45 bits per heavy atom. The molecule has 1 aromatic rings. The average molecular weight is 276 g/mol. The second kappa shape index (κ2) is 7.26. The summed E-state index contributed by atoms with van der Waals surface area (Å²) in [6, 6.07) is 7.90. The molecule has 0 aliphatic carbocycles. The molecule has 3 N–H and O–H groups in total. The molecule has 5 heteroatoms. The van der Waals surface area contributed by atoms with Gasteiger partial charge in [-0.3, -0.25) is 9.69 Å². The van der Waals surface area contributed by atoms with Crippen LogP contribution in [0.3, 0.4) is 0 Å². The topological polar surface area (TPSA) is 61.6 Å². The molecule has 0 bridgehead atoms. The van der Waals surface area contributed by atoms with E-state index in [1.54, 1.807) is 0 Å². The molecule has 0 spiro atoms. The van der Waals surface area contributed by atoms with Gasteiger partial charge in [-0.05, 0) is 24.7 Å². The minimum Gasteiger partial charge on any atom is -0.384 e. The fraction of sp³-hybridized carbons (Fsp3) is 0.533. The standard InChI is InChI=1S/C15H24N4O/c1-18-8-10-19(11-9-18)7-6-17-14-4-2-13(3-5-14)12-15(16)20/h2-5,17H,6-12H2,1H3,(H2,16,20). The summed E-state index contributed by atoms with van der Waals surface area (Å²) in [5.74, 6) is -0.291. The van der Waals surface area contributed by atoms with E-state index in [0.717, 1.165) is 50.5 Å². The number of carbonyl (C=O) groups excluding carboxylic acids is 1. The summed E-state index contributed by atoms with van der Waals surface area (Å²) in [6.07, 6.45) is 0.307. The monoisotopic (exact) mass is 276 g/mol. The Morgan fingerprint density at radius 1 is 1.20 bits per heavy atom. The molecule has 0 radical (unpaired) electrons. The summed E-state index contributed by atoms with van der Waals surface area (Å²) < 4.78 is 0. The van der Waals surface area contributed by atoms with Crippen LogP contribution in [0.2, 0.25) is 0 Å². The molecule has 1 heterocycles. The van der Waals surface area contributed by atoms with Gasteiger partial charge in [0.2, 0.25) is 5.91 Å². The third-order valence-corrected chi connectivity index (χ3v) is 3.69. The number of hydrogen-bond donors (Lipinski definition) is 2. The Hall–Kier alpha value is -1.59. The van der Waals surface area contributed by atoms with E-state index in [9.17, 15) is 4.79 Å². The van der Waals surface area contributed by atoms with Gasteiger partial charge < -0.3 is 16.0 Å². The number of piperazine rings is 1. The van der Waals surface area contributed by atoms with Crippen LogP contribution in [-0.2, 0) is 11.2 Å². The minimum absolute atomic E-state index is 0.291. The number of carbonyl (C=O) groups is 1. The Labute approximate surface area is 120 Å². The molecular formula is C15H24N4O. The lowest BCUT2D eigenvalue weighted by molar-refractivity contribution is -0.117. The van der Waals surface area contributed by atoms with Gasteiger partial charge >= 0.3 is 0 Å². The first-order valence-electron chi connectivity index (χ1n) is 7.15. The maximum Gasteiger partial charge on any atom is 0.221 e. The highest BCUT2D eigenvalue weighted by atomic mass is 16.1. The molecule has 1 aromatic carbocycles. The van der Waals surface area contributed by atoms with Gasteiger partial charge in [-0.15, -0.1) is 0 Å². The number of nitrogens with two attached hydrogens (primary N) is 1. The summed E-state index contributed by atoms with van der Waals surface area (Å²) >= 11 is 0. The van der Waals surface area contributed by atoms with Crippen LogP contribution in [0.25, 0.3) is 0 Å². The van der Waals surface area contributed by atoms with Crippen LogP contribution in [0.1, 0.15) is 5.56 Å². The van der Waals surface area contributed by atoms with E-state index in [-0.39, 0.29) is 5.91 Å². The molecule has 0 aromatic heterocycles. The SMILES string of the molecule is CN1CCN(CCNc2ccc(CC(N)=O)cc2)CC1. The van der Waals surface area contributed by atoms with E-state index in [1.165, 1.54) is 0 Å². The summed E-state index contributed by atoms with van der Waals surface area (Å²) in [5, 5.41) is 3.41. The number of nitrogens with one attached hydrogen (secondary N) is 1. The van der Waals surface area contributed by atoms with Crippen molar-refractivity contribution in [3.63, 3.8) is 0 Å². The van der Waals surface area contributed by atoms with Gasteiger partial charge in [0.05, 0.1) is 6.42 Å². The van der Waals surface area contributed by atoms with E-state index in [4.69, 9.17) is 5.73 Å². The van der Waals surface area contributed by atoms with Crippen molar-refractivity contribution in [2.45, 2.75) is 6.42 Å². The molecule has 1 saturated heterocycles. The van der Waals surface area contributed by atoms with Crippen molar-refractivity contribution in [3.8, 4) is 0 Å². The molecule has 0 unspecified atom stereocenters. The molecule has 1 fully saturated rings. The molecule has 1 aliphatic heterocycles. The lowest BCUT2D eigenvalue weighted by Gasteiger charge is -2.32. The van der Waals surface area contributed by atoms with Crippen molar-refractivity contribution in [2.75, 3.05) is 51.6 Å². The highest BCUT2D eigenvalue weighted by molar-refractivity contribution is 5.76. The zero-order chi connectivity index (χ0) is 14.4. The van der Waals surface area contributed by atoms with Crippen molar-refractivity contribution in [1.82, 2.24) is 9.80 Å². The number of nitrogens with zero attached hydrogens (tertiary/aromatic N) is 2. The zero-order valence-electron chi connectivity index (χ0n) is 12.1. The van der Waals surface area contributed by atoms with Crippen molar-refractivity contribution < 1.29 is 4.79 Å². The predicted octanol–water partition coefficient (Wildman–Crippen LogP) is 0.374.